The predicted octanol–water partition coefficient (Wildman–Crippen LogP) is 6.84. The van der Waals surface area contributed by atoms with Gasteiger partial charge in [-0.2, -0.15) is 5.26 Å². The van der Waals surface area contributed by atoms with Crippen molar-refractivity contribution in [3.8, 4) is 11.8 Å². The lowest BCUT2D eigenvalue weighted by molar-refractivity contribution is 0.0734. The highest BCUT2D eigenvalue weighted by Crippen LogP contribution is 2.36. The smallest absolute Gasteiger partial charge is 0.343 e. The van der Waals surface area contributed by atoms with Crippen LogP contribution in [0.3, 0.4) is 0 Å². The van der Waals surface area contributed by atoms with E-state index in [2.05, 4.69) is 13.8 Å². The van der Waals surface area contributed by atoms with E-state index in [-0.39, 0.29) is 5.75 Å². The molecule has 0 aliphatic heterocycles. The standard InChI is InChI=1S/C26H29F2NO2/c1-3-4-18-5-9-20(10-6-18)17(2)13-19-7-11-21(12-8-19)26(30)31-22-14-24(27)23(16-29)25(28)15-22/h7-8,11-12,14-15,17-18,20H,3-6,9-10,13H2,1-2H3. The normalized spacial score (nSPS) is 19.5. The molecule has 5 heteroatoms. The fourth-order valence-corrected chi connectivity index (χ4v) is 4.65. The lowest BCUT2D eigenvalue weighted by Crippen LogP contribution is -2.21. The van der Waals surface area contributed by atoms with E-state index in [9.17, 15) is 13.6 Å². The first-order valence-corrected chi connectivity index (χ1v) is 11.1. The molecule has 0 N–H and O–H groups in total. The van der Waals surface area contributed by atoms with Crippen LogP contribution < -0.4 is 4.74 Å². The third kappa shape index (κ3) is 5.91. The SMILES string of the molecule is CCCC1CCC(C(C)Cc2ccc(C(=O)Oc3cc(F)c(C#N)c(F)c3)cc2)CC1. The molecule has 1 unspecified atom stereocenters. The number of carbonyl (C=O) groups is 1. The second-order valence-corrected chi connectivity index (χ2v) is 8.71. The maximum Gasteiger partial charge on any atom is 0.343 e. The zero-order valence-electron chi connectivity index (χ0n) is 18.2. The molecule has 0 amide bonds. The van der Waals surface area contributed by atoms with E-state index in [1.165, 1.54) is 44.6 Å². The summed E-state index contributed by atoms with van der Waals surface area (Å²) in [5.74, 6) is -0.842. The highest BCUT2D eigenvalue weighted by Gasteiger charge is 2.25. The molecule has 0 saturated heterocycles. The Kier molecular flexibility index (Phi) is 7.79. The molecule has 1 aliphatic rings. The Morgan fingerprint density at radius 2 is 1.74 bits per heavy atom. The largest absolute Gasteiger partial charge is 0.423 e. The second kappa shape index (κ2) is 10.5. The van der Waals surface area contributed by atoms with Gasteiger partial charge < -0.3 is 4.74 Å². The van der Waals surface area contributed by atoms with Crippen molar-refractivity contribution in [2.24, 2.45) is 17.8 Å². The minimum Gasteiger partial charge on any atom is -0.423 e. The van der Waals surface area contributed by atoms with Gasteiger partial charge in [-0.1, -0.05) is 51.7 Å². The van der Waals surface area contributed by atoms with Gasteiger partial charge in [-0.25, -0.2) is 13.6 Å². The summed E-state index contributed by atoms with van der Waals surface area (Å²) in [6.07, 6.45) is 8.86. The van der Waals surface area contributed by atoms with Gasteiger partial charge in [0.15, 0.2) is 0 Å². The first-order chi connectivity index (χ1) is 14.9. The van der Waals surface area contributed by atoms with Gasteiger partial charge in [-0.3, -0.25) is 0 Å². The van der Waals surface area contributed by atoms with Crippen molar-refractivity contribution in [2.45, 2.75) is 58.8 Å². The first-order valence-electron chi connectivity index (χ1n) is 11.1. The molecule has 0 radical (unpaired) electrons. The second-order valence-electron chi connectivity index (χ2n) is 8.71. The average molecular weight is 426 g/mol. The van der Waals surface area contributed by atoms with Gasteiger partial charge in [0.25, 0.3) is 0 Å². The van der Waals surface area contributed by atoms with Crippen molar-refractivity contribution < 1.29 is 18.3 Å². The molecule has 0 heterocycles. The Morgan fingerprint density at radius 3 is 2.29 bits per heavy atom. The van der Waals surface area contributed by atoms with E-state index in [0.717, 1.165) is 36.0 Å². The third-order valence-corrected chi connectivity index (χ3v) is 6.48. The zero-order valence-corrected chi connectivity index (χ0v) is 18.2. The van der Waals surface area contributed by atoms with Crippen LogP contribution in [-0.2, 0) is 6.42 Å². The van der Waals surface area contributed by atoms with Crippen molar-refractivity contribution in [3.63, 3.8) is 0 Å². The molecule has 164 valence electrons. The number of esters is 1. The van der Waals surface area contributed by atoms with Gasteiger partial charge in [-0.15, -0.1) is 0 Å². The number of carbonyl (C=O) groups excluding carboxylic acids is 1. The van der Waals surface area contributed by atoms with E-state index in [1.54, 1.807) is 12.1 Å². The van der Waals surface area contributed by atoms with Crippen LogP contribution in [0.15, 0.2) is 36.4 Å². The van der Waals surface area contributed by atoms with Crippen molar-refractivity contribution >= 4 is 5.97 Å². The monoisotopic (exact) mass is 425 g/mol. The van der Waals surface area contributed by atoms with Gasteiger partial charge in [0.1, 0.15) is 29.0 Å². The van der Waals surface area contributed by atoms with Gasteiger partial charge in [0, 0.05) is 12.1 Å². The van der Waals surface area contributed by atoms with E-state index in [0.29, 0.717) is 11.5 Å². The summed E-state index contributed by atoms with van der Waals surface area (Å²) in [5, 5.41) is 8.72. The Labute approximate surface area is 183 Å². The first kappa shape index (κ1) is 22.9. The fourth-order valence-electron chi connectivity index (χ4n) is 4.65. The number of halogens is 2. The highest BCUT2D eigenvalue weighted by atomic mass is 19.1. The summed E-state index contributed by atoms with van der Waals surface area (Å²) >= 11 is 0. The van der Waals surface area contributed by atoms with Gasteiger partial charge in [0.2, 0.25) is 0 Å². The lowest BCUT2D eigenvalue weighted by Gasteiger charge is -2.32. The van der Waals surface area contributed by atoms with Gasteiger partial charge in [-0.05, 0) is 54.7 Å². The van der Waals surface area contributed by atoms with Crippen molar-refractivity contribution in [3.05, 3.63) is 64.7 Å². The topological polar surface area (TPSA) is 50.1 Å². The molecule has 3 rings (SSSR count). The quantitative estimate of drug-likeness (QED) is 0.360. The Morgan fingerprint density at radius 1 is 1.13 bits per heavy atom. The molecule has 1 saturated carbocycles. The predicted molar refractivity (Wildman–Crippen MR) is 116 cm³/mol. The molecule has 1 fully saturated rings. The maximum atomic E-state index is 13.7. The van der Waals surface area contributed by atoms with E-state index in [4.69, 9.17) is 10.00 Å². The third-order valence-electron chi connectivity index (χ3n) is 6.48. The summed E-state index contributed by atoms with van der Waals surface area (Å²) in [4.78, 5) is 12.3. The van der Waals surface area contributed by atoms with Crippen LogP contribution in [0.2, 0.25) is 0 Å². The average Bonchev–Trinajstić information content (AvgIpc) is 2.75. The van der Waals surface area contributed by atoms with Crippen LogP contribution in [0.5, 0.6) is 5.75 Å². The summed E-state index contributed by atoms with van der Waals surface area (Å²) in [7, 11) is 0. The molecule has 0 bridgehead atoms. The fraction of sp³-hybridized carbons (Fsp3) is 0.462. The summed E-state index contributed by atoms with van der Waals surface area (Å²) in [5.41, 5.74) is 0.772. The Hall–Kier alpha value is -2.74. The Bertz CT molecular complexity index is 918. The number of nitrogens with zero attached hydrogens (tertiary/aromatic N) is 1. The van der Waals surface area contributed by atoms with Crippen LogP contribution in [0.1, 0.15) is 73.9 Å². The lowest BCUT2D eigenvalue weighted by atomic mass is 9.74. The van der Waals surface area contributed by atoms with Crippen molar-refractivity contribution in [1.29, 1.82) is 5.26 Å². The number of ether oxygens (including phenoxy) is 1. The number of benzene rings is 2. The van der Waals surface area contributed by atoms with Crippen LogP contribution in [-0.4, -0.2) is 5.97 Å². The summed E-state index contributed by atoms with van der Waals surface area (Å²) in [6, 6.07) is 10.3. The van der Waals surface area contributed by atoms with Crippen LogP contribution >= 0.6 is 0 Å². The molecule has 31 heavy (non-hydrogen) atoms. The molecule has 0 aromatic heterocycles. The molecular formula is C26H29F2NO2. The van der Waals surface area contributed by atoms with Crippen molar-refractivity contribution in [2.75, 3.05) is 0 Å². The number of nitriles is 1. The van der Waals surface area contributed by atoms with E-state index in [1.807, 2.05) is 12.1 Å². The minimum absolute atomic E-state index is 0.268. The molecule has 1 aliphatic carbocycles. The molecular weight excluding hydrogens is 396 g/mol. The van der Waals surface area contributed by atoms with Crippen LogP contribution in [0.4, 0.5) is 8.78 Å². The van der Waals surface area contributed by atoms with E-state index < -0.39 is 23.2 Å². The molecule has 1 atom stereocenters. The summed E-state index contributed by atoms with van der Waals surface area (Å²) < 4.78 is 32.5. The van der Waals surface area contributed by atoms with Crippen LogP contribution in [0, 0.1) is 40.7 Å². The highest BCUT2D eigenvalue weighted by molar-refractivity contribution is 5.91. The van der Waals surface area contributed by atoms with Gasteiger partial charge in [0.05, 0.1) is 5.56 Å². The van der Waals surface area contributed by atoms with E-state index >= 15 is 0 Å². The molecule has 0 spiro atoms. The molecule has 3 nitrogen and oxygen atoms in total. The van der Waals surface area contributed by atoms with Crippen molar-refractivity contribution in [1.82, 2.24) is 0 Å². The Balaban J connectivity index is 1.56. The van der Waals surface area contributed by atoms with Gasteiger partial charge >= 0.3 is 5.97 Å². The number of rotatable bonds is 7. The minimum atomic E-state index is -1.06. The molecule has 2 aromatic rings. The number of hydrogen-bond acceptors (Lipinski definition) is 3. The van der Waals surface area contributed by atoms with Crippen LogP contribution in [0.25, 0.3) is 0 Å². The molecule has 2 aromatic carbocycles. The maximum absolute atomic E-state index is 13.7. The summed E-state index contributed by atoms with van der Waals surface area (Å²) in [6.45, 7) is 4.57. The number of hydrogen-bond donors (Lipinski definition) is 0. The zero-order chi connectivity index (χ0) is 22.4.